The molecule has 0 amide bonds. The Morgan fingerprint density at radius 2 is 2.11 bits per heavy atom. The molecule has 0 bridgehead atoms. The largest absolute Gasteiger partial charge is 0.307 e. The van der Waals surface area contributed by atoms with Crippen molar-refractivity contribution in [1.82, 2.24) is 15.2 Å². The number of rotatable bonds is 4. The summed E-state index contributed by atoms with van der Waals surface area (Å²) in [6, 6.07) is 5.88. The van der Waals surface area contributed by atoms with E-state index in [1.807, 2.05) is 18.5 Å². The van der Waals surface area contributed by atoms with Gasteiger partial charge in [-0.1, -0.05) is 6.07 Å². The van der Waals surface area contributed by atoms with Gasteiger partial charge in [0.2, 0.25) is 0 Å². The van der Waals surface area contributed by atoms with Gasteiger partial charge in [-0.2, -0.15) is 0 Å². The van der Waals surface area contributed by atoms with Crippen molar-refractivity contribution in [2.24, 2.45) is 0 Å². The molecule has 3 heteroatoms. The molecule has 0 aliphatic carbocycles. The average Bonchev–Trinajstić information content (AvgIpc) is 2.65. The highest BCUT2D eigenvalue weighted by Crippen LogP contribution is 2.17. The minimum atomic E-state index is 0.393. The summed E-state index contributed by atoms with van der Waals surface area (Å²) in [5.41, 5.74) is 1.28. The van der Waals surface area contributed by atoms with Gasteiger partial charge in [-0.3, -0.25) is 4.98 Å². The van der Waals surface area contributed by atoms with Gasteiger partial charge in [0.05, 0.1) is 0 Å². The normalized spacial score (nSPS) is 23.3. The van der Waals surface area contributed by atoms with Crippen molar-refractivity contribution in [1.29, 1.82) is 0 Å². The van der Waals surface area contributed by atoms with Crippen LogP contribution in [0.1, 0.15) is 51.6 Å². The number of hydrogen-bond donors (Lipinski definition) is 1. The molecule has 106 valence electrons. The van der Waals surface area contributed by atoms with Crippen LogP contribution >= 0.6 is 0 Å². The topological polar surface area (TPSA) is 28.2 Å². The maximum Gasteiger partial charge on any atom is 0.0315 e. The zero-order chi connectivity index (χ0) is 13.7. The standard InChI is InChI=1S/C16H27N3/c1-13(2)19-10-5-7-16(8-11-19)18-14(3)15-6-4-9-17-12-15/h4,6,9,12-14,16,18H,5,7-8,10-11H2,1-3H3. The second-order valence-corrected chi connectivity index (χ2v) is 5.93. The van der Waals surface area contributed by atoms with Gasteiger partial charge >= 0.3 is 0 Å². The minimum absolute atomic E-state index is 0.393. The Kier molecular flexibility index (Phi) is 5.34. The molecule has 2 heterocycles. The summed E-state index contributed by atoms with van der Waals surface area (Å²) in [4.78, 5) is 6.80. The molecule has 2 atom stereocenters. The van der Waals surface area contributed by atoms with Gasteiger partial charge in [0, 0.05) is 30.5 Å². The first kappa shape index (κ1) is 14.5. The fraction of sp³-hybridized carbons (Fsp3) is 0.688. The van der Waals surface area contributed by atoms with E-state index in [0.717, 1.165) is 0 Å². The Morgan fingerprint density at radius 3 is 2.79 bits per heavy atom. The number of hydrogen-bond acceptors (Lipinski definition) is 3. The summed E-state index contributed by atoms with van der Waals surface area (Å²) in [6.07, 6.45) is 7.64. The number of pyridine rings is 1. The Labute approximate surface area is 117 Å². The van der Waals surface area contributed by atoms with Gasteiger partial charge in [-0.25, -0.2) is 0 Å². The van der Waals surface area contributed by atoms with E-state index in [-0.39, 0.29) is 0 Å². The Hall–Kier alpha value is -0.930. The first-order valence-corrected chi connectivity index (χ1v) is 7.57. The van der Waals surface area contributed by atoms with Crippen LogP contribution in [-0.4, -0.2) is 35.1 Å². The van der Waals surface area contributed by atoms with Gasteiger partial charge in [-0.15, -0.1) is 0 Å². The molecule has 1 aliphatic heterocycles. The SMILES string of the molecule is CC(NC1CCCN(C(C)C)CC1)c1cccnc1. The highest BCUT2D eigenvalue weighted by molar-refractivity contribution is 5.13. The molecule has 0 aromatic carbocycles. The second-order valence-electron chi connectivity index (χ2n) is 5.93. The summed E-state index contributed by atoms with van der Waals surface area (Å²) >= 11 is 0. The lowest BCUT2D eigenvalue weighted by Crippen LogP contribution is -2.35. The van der Waals surface area contributed by atoms with Crippen LogP contribution in [0.3, 0.4) is 0 Å². The molecular formula is C16H27N3. The molecule has 3 nitrogen and oxygen atoms in total. The quantitative estimate of drug-likeness (QED) is 0.903. The van der Waals surface area contributed by atoms with Gasteiger partial charge in [-0.05, 0) is 64.8 Å². The Bertz CT molecular complexity index is 364. The van der Waals surface area contributed by atoms with Gasteiger partial charge in [0.1, 0.15) is 0 Å². The molecule has 0 saturated carbocycles. The van der Waals surface area contributed by atoms with Gasteiger partial charge in [0.25, 0.3) is 0 Å². The summed E-state index contributed by atoms with van der Waals surface area (Å²) in [6.45, 7) is 9.30. The van der Waals surface area contributed by atoms with Crippen molar-refractivity contribution in [2.45, 2.75) is 58.2 Å². The van der Waals surface area contributed by atoms with E-state index < -0.39 is 0 Å². The third-order valence-corrected chi connectivity index (χ3v) is 4.16. The van der Waals surface area contributed by atoms with Crippen LogP contribution in [-0.2, 0) is 0 Å². The average molecular weight is 261 g/mol. The number of likely N-dealkylation sites (tertiary alicyclic amines) is 1. The maximum atomic E-state index is 4.20. The fourth-order valence-corrected chi connectivity index (χ4v) is 2.88. The minimum Gasteiger partial charge on any atom is -0.307 e. The predicted octanol–water partition coefficient (Wildman–Crippen LogP) is 3.00. The van der Waals surface area contributed by atoms with Crippen LogP contribution in [0.2, 0.25) is 0 Å². The van der Waals surface area contributed by atoms with Crippen LogP contribution in [0.25, 0.3) is 0 Å². The molecule has 0 radical (unpaired) electrons. The number of aromatic nitrogens is 1. The van der Waals surface area contributed by atoms with Crippen molar-refractivity contribution in [3.8, 4) is 0 Å². The van der Waals surface area contributed by atoms with Gasteiger partial charge < -0.3 is 10.2 Å². The van der Waals surface area contributed by atoms with Crippen molar-refractivity contribution < 1.29 is 0 Å². The smallest absolute Gasteiger partial charge is 0.0315 e. The van der Waals surface area contributed by atoms with Crippen molar-refractivity contribution in [3.63, 3.8) is 0 Å². The van der Waals surface area contributed by atoms with E-state index in [4.69, 9.17) is 0 Å². The Balaban J connectivity index is 1.86. The third kappa shape index (κ3) is 4.29. The van der Waals surface area contributed by atoms with Crippen molar-refractivity contribution in [2.75, 3.05) is 13.1 Å². The van der Waals surface area contributed by atoms with E-state index in [2.05, 4.69) is 42.0 Å². The maximum absolute atomic E-state index is 4.20. The van der Waals surface area contributed by atoms with Crippen molar-refractivity contribution >= 4 is 0 Å². The van der Waals surface area contributed by atoms with Crippen LogP contribution < -0.4 is 5.32 Å². The fourth-order valence-electron chi connectivity index (χ4n) is 2.88. The molecule has 2 unspecified atom stereocenters. The molecule has 1 saturated heterocycles. The van der Waals surface area contributed by atoms with Crippen molar-refractivity contribution in [3.05, 3.63) is 30.1 Å². The lowest BCUT2D eigenvalue weighted by atomic mass is 10.1. The zero-order valence-electron chi connectivity index (χ0n) is 12.5. The summed E-state index contributed by atoms with van der Waals surface area (Å²) in [7, 11) is 0. The van der Waals surface area contributed by atoms with Crippen LogP contribution in [0.15, 0.2) is 24.5 Å². The first-order chi connectivity index (χ1) is 9.16. The van der Waals surface area contributed by atoms with E-state index in [9.17, 15) is 0 Å². The predicted molar refractivity (Wildman–Crippen MR) is 80.1 cm³/mol. The third-order valence-electron chi connectivity index (χ3n) is 4.16. The van der Waals surface area contributed by atoms with E-state index >= 15 is 0 Å². The molecule has 1 aliphatic rings. The highest BCUT2D eigenvalue weighted by atomic mass is 15.1. The van der Waals surface area contributed by atoms with Gasteiger partial charge in [0.15, 0.2) is 0 Å². The molecule has 1 fully saturated rings. The lowest BCUT2D eigenvalue weighted by molar-refractivity contribution is 0.228. The second kappa shape index (κ2) is 7.01. The molecule has 1 aromatic heterocycles. The van der Waals surface area contributed by atoms with Crippen LogP contribution in [0.4, 0.5) is 0 Å². The molecule has 1 N–H and O–H groups in total. The summed E-state index contributed by atoms with van der Waals surface area (Å²) in [5, 5.41) is 3.77. The first-order valence-electron chi connectivity index (χ1n) is 7.57. The summed E-state index contributed by atoms with van der Waals surface area (Å²) in [5.74, 6) is 0. The van der Waals surface area contributed by atoms with Crippen LogP contribution in [0.5, 0.6) is 0 Å². The summed E-state index contributed by atoms with van der Waals surface area (Å²) < 4.78 is 0. The molecule has 0 spiro atoms. The van der Waals surface area contributed by atoms with E-state index in [1.54, 1.807) is 0 Å². The molecular weight excluding hydrogens is 234 g/mol. The zero-order valence-corrected chi connectivity index (χ0v) is 12.5. The lowest BCUT2D eigenvalue weighted by Gasteiger charge is -2.25. The highest BCUT2D eigenvalue weighted by Gasteiger charge is 2.20. The van der Waals surface area contributed by atoms with E-state index in [0.29, 0.717) is 18.1 Å². The Morgan fingerprint density at radius 1 is 1.26 bits per heavy atom. The molecule has 2 rings (SSSR count). The molecule has 1 aromatic rings. The number of nitrogens with one attached hydrogen (secondary N) is 1. The van der Waals surface area contributed by atoms with E-state index in [1.165, 1.54) is 37.9 Å². The number of nitrogens with zero attached hydrogens (tertiary/aromatic N) is 2. The van der Waals surface area contributed by atoms with Crippen LogP contribution in [0, 0.1) is 0 Å². The molecule has 19 heavy (non-hydrogen) atoms. The monoisotopic (exact) mass is 261 g/mol.